The average Bonchev–Trinajstić information content (AvgIpc) is 2.67. The lowest BCUT2D eigenvalue weighted by molar-refractivity contribution is 0.103. The summed E-state index contributed by atoms with van der Waals surface area (Å²) in [5, 5.41) is 21.0. The van der Waals surface area contributed by atoms with Crippen LogP contribution in [-0.4, -0.2) is 38.9 Å². The molecule has 0 atom stereocenters. The molecule has 0 aromatic carbocycles. The van der Waals surface area contributed by atoms with Gasteiger partial charge < -0.3 is 20.5 Å². The lowest BCUT2D eigenvalue weighted by Gasteiger charge is -2.25. The van der Waals surface area contributed by atoms with Gasteiger partial charge in [0.25, 0.3) is 0 Å². The average molecular weight is 185 g/mol. The van der Waals surface area contributed by atoms with E-state index in [2.05, 4.69) is 15.3 Å². The molecule has 0 unspecified atom stereocenters. The van der Waals surface area contributed by atoms with Crippen molar-refractivity contribution in [2.45, 2.75) is 19.0 Å². The third-order valence-corrected chi connectivity index (χ3v) is 1.96. The van der Waals surface area contributed by atoms with Gasteiger partial charge in [0.05, 0.1) is 25.1 Å². The van der Waals surface area contributed by atoms with Crippen LogP contribution in [0.25, 0.3) is 0 Å². The fourth-order valence-electron chi connectivity index (χ4n) is 0.852. The number of aromatic amines is 1. The Morgan fingerprint density at radius 2 is 2.23 bits per heavy atom. The minimum Gasteiger partial charge on any atom is -0.394 e. The van der Waals surface area contributed by atoms with Gasteiger partial charge in [0.15, 0.2) is 0 Å². The molecule has 0 aliphatic rings. The van der Waals surface area contributed by atoms with Gasteiger partial charge in [-0.15, -0.1) is 0 Å². The number of nitrogens with zero attached hydrogens (tertiary/aromatic N) is 1. The lowest BCUT2D eigenvalue weighted by Crippen LogP contribution is -2.48. The monoisotopic (exact) mass is 185 g/mol. The highest BCUT2D eigenvalue weighted by Crippen LogP contribution is 2.02. The van der Waals surface area contributed by atoms with Crippen LogP contribution in [0.3, 0.4) is 0 Å². The van der Waals surface area contributed by atoms with Crippen LogP contribution in [0.2, 0.25) is 0 Å². The second-order valence-corrected chi connectivity index (χ2v) is 3.31. The number of aliphatic hydroxyl groups excluding tert-OH is 2. The quantitative estimate of drug-likeness (QED) is 0.486. The molecule has 0 spiro atoms. The third kappa shape index (κ3) is 2.80. The fraction of sp³-hybridized carbons (Fsp3) is 0.625. The second kappa shape index (κ2) is 4.36. The molecule has 0 radical (unpaired) electrons. The smallest absolute Gasteiger partial charge is 0.0922 e. The zero-order chi connectivity index (χ0) is 9.73. The summed E-state index contributed by atoms with van der Waals surface area (Å²) in [7, 11) is 0. The first-order chi connectivity index (χ1) is 6.20. The van der Waals surface area contributed by atoms with Crippen LogP contribution in [0.15, 0.2) is 12.5 Å². The topological polar surface area (TPSA) is 81.2 Å². The minimum absolute atomic E-state index is 0.0996. The molecule has 0 fully saturated rings. The van der Waals surface area contributed by atoms with Gasteiger partial charge in [0.1, 0.15) is 0 Å². The van der Waals surface area contributed by atoms with Crippen molar-refractivity contribution in [3.63, 3.8) is 0 Å². The van der Waals surface area contributed by atoms with Gasteiger partial charge in [0, 0.05) is 18.4 Å². The van der Waals surface area contributed by atoms with Crippen LogP contribution in [0, 0.1) is 0 Å². The first-order valence-electron chi connectivity index (χ1n) is 4.14. The molecule has 13 heavy (non-hydrogen) atoms. The van der Waals surface area contributed by atoms with Crippen LogP contribution in [0.5, 0.6) is 0 Å². The highest BCUT2D eigenvalue weighted by Gasteiger charge is 2.20. The van der Waals surface area contributed by atoms with E-state index >= 15 is 0 Å². The predicted octanol–water partition coefficient (Wildman–Crippen LogP) is -0.757. The molecule has 5 heteroatoms. The third-order valence-electron chi connectivity index (χ3n) is 1.96. The first-order valence-corrected chi connectivity index (χ1v) is 4.14. The molecule has 0 aliphatic carbocycles. The lowest BCUT2D eigenvalue weighted by atomic mass is 10.1. The summed E-state index contributed by atoms with van der Waals surface area (Å²) in [6.07, 6.45) is 3.29. The van der Waals surface area contributed by atoms with E-state index in [4.69, 9.17) is 10.2 Å². The van der Waals surface area contributed by atoms with Gasteiger partial charge in [0.2, 0.25) is 0 Å². The van der Waals surface area contributed by atoms with E-state index in [0.29, 0.717) is 6.54 Å². The molecule has 1 heterocycles. The number of imidazole rings is 1. The molecular formula is C8H15N3O2. The summed E-state index contributed by atoms with van der Waals surface area (Å²) >= 11 is 0. The summed E-state index contributed by atoms with van der Waals surface area (Å²) in [5.74, 6) is 0. The molecule has 1 aromatic rings. The maximum absolute atomic E-state index is 8.97. The molecule has 0 bridgehead atoms. The fourth-order valence-corrected chi connectivity index (χ4v) is 0.852. The van der Waals surface area contributed by atoms with Crippen LogP contribution in [-0.2, 0) is 6.54 Å². The van der Waals surface area contributed by atoms with Crippen molar-refractivity contribution in [3.05, 3.63) is 18.2 Å². The van der Waals surface area contributed by atoms with Gasteiger partial charge in [-0.2, -0.15) is 0 Å². The molecule has 0 aliphatic heterocycles. The van der Waals surface area contributed by atoms with Gasteiger partial charge in [-0.05, 0) is 6.92 Å². The molecule has 5 nitrogen and oxygen atoms in total. The zero-order valence-electron chi connectivity index (χ0n) is 7.62. The van der Waals surface area contributed by atoms with Crippen LogP contribution < -0.4 is 5.32 Å². The van der Waals surface area contributed by atoms with Crippen molar-refractivity contribution in [2.24, 2.45) is 0 Å². The number of rotatable bonds is 5. The maximum Gasteiger partial charge on any atom is 0.0922 e. The van der Waals surface area contributed by atoms with Gasteiger partial charge in [-0.3, -0.25) is 0 Å². The number of nitrogens with one attached hydrogen (secondary N) is 2. The first kappa shape index (κ1) is 10.2. The predicted molar refractivity (Wildman–Crippen MR) is 48.0 cm³/mol. The molecule has 1 rings (SSSR count). The van der Waals surface area contributed by atoms with E-state index in [-0.39, 0.29) is 13.2 Å². The van der Waals surface area contributed by atoms with E-state index in [1.807, 2.05) is 0 Å². The Morgan fingerprint density at radius 3 is 2.69 bits per heavy atom. The zero-order valence-corrected chi connectivity index (χ0v) is 7.62. The SMILES string of the molecule is CC(CO)(CO)NCc1cnc[nH]1. The Morgan fingerprint density at radius 1 is 1.54 bits per heavy atom. The Labute approximate surface area is 76.8 Å². The van der Waals surface area contributed by atoms with E-state index in [9.17, 15) is 0 Å². The number of hydrogen-bond donors (Lipinski definition) is 4. The van der Waals surface area contributed by atoms with Crippen molar-refractivity contribution in [1.82, 2.24) is 15.3 Å². The Kier molecular flexibility index (Phi) is 3.41. The van der Waals surface area contributed by atoms with Crippen molar-refractivity contribution < 1.29 is 10.2 Å². The van der Waals surface area contributed by atoms with Crippen LogP contribution >= 0.6 is 0 Å². The summed E-state index contributed by atoms with van der Waals surface area (Å²) < 4.78 is 0. The number of hydrogen-bond acceptors (Lipinski definition) is 4. The molecule has 74 valence electrons. The van der Waals surface area contributed by atoms with Crippen molar-refractivity contribution >= 4 is 0 Å². The molecule has 0 amide bonds. The Balaban J connectivity index is 2.41. The van der Waals surface area contributed by atoms with Crippen molar-refractivity contribution in [2.75, 3.05) is 13.2 Å². The molecule has 4 N–H and O–H groups in total. The maximum atomic E-state index is 8.97. The van der Waals surface area contributed by atoms with E-state index in [1.165, 1.54) is 0 Å². The molecule has 1 aromatic heterocycles. The summed E-state index contributed by atoms with van der Waals surface area (Å²) in [6.45, 7) is 2.11. The largest absolute Gasteiger partial charge is 0.394 e. The summed E-state index contributed by atoms with van der Waals surface area (Å²) in [5.41, 5.74) is 0.290. The highest BCUT2D eigenvalue weighted by atomic mass is 16.3. The van der Waals surface area contributed by atoms with Crippen LogP contribution in [0.4, 0.5) is 0 Å². The van der Waals surface area contributed by atoms with Gasteiger partial charge in [-0.25, -0.2) is 4.98 Å². The van der Waals surface area contributed by atoms with Gasteiger partial charge in [-0.1, -0.05) is 0 Å². The summed E-state index contributed by atoms with van der Waals surface area (Å²) in [6, 6.07) is 0. The Bertz CT molecular complexity index is 232. The van der Waals surface area contributed by atoms with Crippen molar-refractivity contribution in [3.8, 4) is 0 Å². The highest BCUT2D eigenvalue weighted by molar-refractivity contribution is 4.95. The Hall–Kier alpha value is -0.910. The van der Waals surface area contributed by atoms with E-state index in [0.717, 1.165) is 5.69 Å². The number of H-pyrrole nitrogens is 1. The number of aromatic nitrogens is 2. The molecule has 0 saturated carbocycles. The molecular weight excluding hydrogens is 170 g/mol. The molecule has 0 saturated heterocycles. The van der Waals surface area contributed by atoms with Crippen LogP contribution in [0.1, 0.15) is 12.6 Å². The minimum atomic E-state index is -0.634. The standard InChI is InChI=1S/C8H15N3O2/c1-8(4-12,5-13)11-3-7-2-9-6-10-7/h2,6,11-13H,3-5H2,1H3,(H,9,10). The van der Waals surface area contributed by atoms with Gasteiger partial charge >= 0.3 is 0 Å². The van der Waals surface area contributed by atoms with E-state index < -0.39 is 5.54 Å². The number of aliphatic hydroxyl groups is 2. The normalized spacial score (nSPS) is 11.9. The van der Waals surface area contributed by atoms with E-state index in [1.54, 1.807) is 19.4 Å². The second-order valence-electron chi connectivity index (χ2n) is 3.31. The van der Waals surface area contributed by atoms with Crippen molar-refractivity contribution in [1.29, 1.82) is 0 Å². The summed E-state index contributed by atoms with van der Waals surface area (Å²) in [4.78, 5) is 6.77.